The van der Waals surface area contributed by atoms with Crippen LogP contribution in [0, 0.1) is 0 Å². The Kier molecular flexibility index (Phi) is 5.45. The molecule has 0 unspecified atom stereocenters. The van der Waals surface area contributed by atoms with E-state index < -0.39 is 0 Å². The van der Waals surface area contributed by atoms with Gasteiger partial charge in [-0.2, -0.15) is 0 Å². The Morgan fingerprint density at radius 3 is 2.94 bits per heavy atom. The zero-order chi connectivity index (χ0) is 11.4. The molecule has 1 saturated heterocycles. The summed E-state index contributed by atoms with van der Waals surface area (Å²) in [6.07, 6.45) is 2.46. The van der Waals surface area contributed by atoms with Gasteiger partial charge >= 0.3 is 0 Å². The van der Waals surface area contributed by atoms with Crippen molar-refractivity contribution in [2.75, 3.05) is 18.4 Å². The van der Waals surface area contributed by atoms with E-state index in [-0.39, 0.29) is 18.3 Å². The first-order valence-corrected chi connectivity index (χ1v) is 5.84. The first-order valence-electron chi connectivity index (χ1n) is 5.84. The summed E-state index contributed by atoms with van der Waals surface area (Å²) in [6, 6.07) is 8.17. The maximum atomic E-state index is 11.0. The fourth-order valence-electron chi connectivity index (χ4n) is 2.21. The van der Waals surface area contributed by atoms with Gasteiger partial charge in [0, 0.05) is 19.2 Å². The first-order chi connectivity index (χ1) is 7.75. The molecule has 0 radical (unpaired) electrons. The highest BCUT2D eigenvalue weighted by molar-refractivity contribution is 5.88. The third-order valence-corrected chi connectivity index (χ3v) is 2.98. The van der Waals surface area contributed by atoms with Gasteiger partial charge < -0.3 is 10.6 Å². The molecule has 1 aromatic rings. The highest BCUT2D eigenvalue weighted by Gasteiger charge is 2.15. The van der Waals surface area contributed by atoms with E-state index >= 15 is 0 Å². The van der Waals surface area contributed by atoms with E-state index in [1.54, 1.807) is 0 Å². The second kappa shape index (κ2) is 6.62. The Hall–Kier alpha value is -1.06. The zero-order valence-electron chi connectivity index (χ0n) is 10.0. The van der Waals surface area contributed by atoms with Gasteiger partial charge in [-0.05, 0) is 43.0 Å². The summed E-state index contributed by atoms with van der Waals surface area (Å²) >= 11 is 0. The van der Waals surface area contributed by atoms with Crippen molar-refractivity contribution in [3.05, 3.63) is 29.8 Å². The van der Waals surface area contributed by atoms with Crippen molar-refractivity contribution in [2.24, 2.45) is 0 Å². The quantitative estimate of drug-likeness (QED) is 0.852. The van der Waals surface area contributed by atoms with Gasteiger partial charge in [0.1, 0.15) is 0 Å². The fourth-order valence-corrected chi connectivity index (χ4v) is 2.21. The summed E-state index contributed by atoms with van der Waals surface area (Å²) in [5.41, 5.74) is 2.22. The van der Waals surface area contributed by atoms with Crippen LogP contribution in [0.1, 0.15) is 31.2 Å². The summed E-state index contributed by atoms with van der Waals surface area (Å²) in [5.74, 6) is 0.571. The maximum absolute atomic E-state index is 11.0. The van der Waals surface area contributed by atoms with Gasteiger partial charge in [0.2, 0.25) is 5.91 Å². The number of halogens is 1. The van der Waals surface area contributed by atoms with Crippen molar-refractivity contribution in [3.63, 3.8) is 0 Å². The first kappa shape index (κ1) is 14.0. The standard InChI is InChI=1S/C13H18N2O.ClH/c1-10(16)15-13-6-2-4-11(8-13)12-5-3-7-14-9-12;/h2,4,6,8,12,14H,3,5,7,9H2,1H3,(H,15,16);1H/t12-;/m1./s1. The molecule has 0 bridgehead atoms. The van der Waals surface area contributed by atoms with Crippen molar-refractivity contribution < 1.29 is 4.79 Å². The largest absolute Gasteiger partial charge is 0.326 e. The number of benzene rings is 1. The summed E-state index contributed by atoms with van der Waals surface area (Å²) in [5, 5.41) is 6.23. The number of nitrogens with one attached hydrogen (secondary N) is 2. The molecule has 0 spiro atoms. The Morgan fingerprint density at radius 1 is 1.47 bits per heavy atom. The Bertz CT molecular complexity index is 375. The lowest BCUT2D eigenvalue weighted by atomic mass is 9.91. The Balaban J connectivity index is 0.00000144. The normalized spacial score (nSPS) is 19.2. The van der Waals surface area contributed by atoms with Gasteiger partial charge in [0.05, 0.1) is 0 Å². The number of carbonyl (C=O) groups is 1. The van der Waals surface area contributed by atoms with Crippen LogP contribution in [0.3, 0.4) is 0 Å². The maximum Gasteiger partial charge on any atom is 0.221 e. The summed E-state index contributed by atoms with van der Waals surface area (Å²) < 4.78 is 0. The lowest BCUT2D eigenvalue weighted by Crippen LogP contribution is -2.28. The molecule has 1 amide bonds. The van der Waals surface area contributed by atoms with Crippen LogP contribution in [0.15, 0.2) is 24.3 Å². The summed E-state index contributed by atoms with van der Waals surface area (Å²) in [6.45, 7) is 3.71. The number of rotatable bonds is 2. The molecule has 1 aromatic carbocycles. The van der Waals surface area contributed by atoms with E-state index in [1.807, 2.05) is 12.1 Å². The second-order valence-electron chi connectivity index (χ2n) is 4.35. The third-order valence-electron chi connectivity index (χ3n) is 2.98. The molecule has 94 valence electrons. The molecule has 1 fully saturated rings. The number of anilines is 1. The smallest absolute Gasteiger partial charge is 0.221 e. The molecule has 1 aliphatic rings. The third kappa shape index (κ3) is 4.02. The average Bonchev–Trinajstić information content (AvgIpc) is 2.30. The molecule has 4 heteroatoms. The van der Waals surface area contributed by atoms with Crippen LogP contribution < -0.4 is 10.6 Å². The van der Waals surface area contributed by atoms with E-state index in [9.17, 15) is 4.79 Å². The number of hydrogen-bond donors (Lipinski definition) is 2. The van der Waals surface area contributed by atoms with Crippen molar-refractivity contribution in [2.45, 2.75) is 25.7 Å². The van der Waals surface area contributed by atoms with Gasteiger partial charge in [-0.3, -0.25) is 4.79 Å². The summed E-state index contributed by atoms with van der Waals surface area (Å²) in [4.78, 5) is 11.0. The molecule has 2 N–H and O–H groups in total. The SMILES string of the molecule is CC(=O)Nc1cccc([C@@H]2CCCNC2)c1.Cl. The lowest BCUT2D eigenvalue weighted by Gasteiger charge is -2.23. The van der Waals surface area contributed by atoms with Crippen LogP contribution in [0.25, 0.3) is 0 Å². The van der Waals surface area contributed by atoms with Gasteiger partial charge in [0.25, 0.3) is 0 Å². The highest BCUT2D eigenvalue weighted by atomic mass is 35.5. The molecule has 1 atom stereocenters. The Morgan fingerprint density at radius 2 is 2.29 bits per heavy atom. The molecule has 1 aliphatic heterocycles. The average molecular weight is 255 g/mol. The molecule has 0 aromatic heterocycles. The number of carbonyl (C=O) groups excluding carboxylic acids is 1. The zero-order valence-corrected chi connectivity index (χ0v) is 10.8. The van der Waals surface area contributed by atoms with E-state index in [4.69, 9.17) is 0 Å². The molecule has 2 rings (SSSR count). The fraction of sp³-hybridized carbons (Fsp3) is 0.462. The van der Waals surface area contributed by atoms with Crippen LogP contribution in [0.2, 0.25) is 0 Å². The van der Waals surface area contributed by atoms with Crippen LogP contribution >= 0.6 is 12.4 Å². The van der Waals surface area contributed by atoms with Gasteiger partial charge in [-0.1, -0.05) is 12.1 Å². The molecule has 0 saturated carbocycles. The Labute approximate surface area is 108 Å². The van der Waals surface area contributed by atoms with E-state index in [1.165, 1.54) is 25.3 Å². The molecule has 17 heavy (non-hydrogen) atoms. The predicted octanol–water partition coefficient (Wildman–Crippen LogP) is 2.53. The van der Waals surface area contributed by atoms with Gasteiger partial charge in [0.15, 0.2) is 0 Å². The number of amides is 1. The minimum atomic E-state index is -0.0149. The van der Waals surface area contributed by atoms with E-state index in [2.05, 4.69) is 22.8 Å². The van der Waals surface area contributed by atoms with Crippen LogP contribution in [-0.4, -0.2) is 19.0 Å². The molecule has 1 heterocycles. The highest BCUT2D eigenvalue weighted by Crippen LogP contribution is 2.25. The topological polar surface area (TPSA) is 41.1 Å². The minimum Gasteiger partial charge on any atom is -0.326 e. The van der Waals surface area contributed by atoms with E-state index in [0.717, 1.165) is 18.8 Å². The minimum absolute atomic E-state index is 0. The van der Waals surface area contributed by atoms with Crippen molar-refractivity contribution >= 4 is 24.0 Å². The van der Waals surface area contributed by atoms with Gasteiger partial charge in [-0.25, -0.2) is 0 Å². The second-order valence-corrected chi connectivity index (χ2v) is 4.35. The van der Waals surface area contributed by atoms with Gasteiger partial charge in [-0.15, -0.1) is 12.4 Å². The number of hydrogen-bond acceptors (Lipinski definition) is 2. The molecule has 3 nitrogen and oxygen atoms in total. The van der Waals surface area contributed by atoms with Crippen molar-refractivity contribution in [3.8, 4) is 0 Å². The van der Waals surface area contributed by atoms with Crippen molar-refractivity contribution in [1.82, 2.24) is 5.32 Å². The van der Waals surface area contributed by atoms with E-state index in [0.29, 0.717) is 5.92 Å². The van der Waals surface area contributed by atoms with Crippen LogP contribution in [0.5, 0.6) is 0 Å². The lowest BCUT2D eigenvalue weighted by molar-refractivity contribution is -0.114. The van der Waals surface area contributed by atoms with Crippen LogP contribution in [0.4, 0.5) is 5.69 Å². The molecule has 0 aliphatic carbocycles. The monoisotopic (exact) mass is 254 g/mol. The van der Waals surface area contributed by atoms with Crippen molar-refractivity contribution in [1.29, 1.82) is 0 Å². The summed E-state index contributed by atoms with van der Waals surface area (Å²) in [7, 11) is 0. The molecular formula is C13H19ClN2O. The predicted molar refractivity (Wildman–Crippen MR) is 72.8 cm³/mol. The molecular weight excluding hydrogens is 236 g/mol. The number of piperidine rings is 1. The van der Waals surface area contributed by atoms with Crippen LogP contribution in [-0.2, 0) is 4.79 Å².